The number of thiazole rings is 1. The molecule has 2 aromatic rings. The highest BCUT2D eigenvalue weighted by molar-refractivity contribution is 8.01. The van der Waals surface area contributed by atoms with E-state index in [-0.39, 0.29) is 18.2 Å². The fourth-order valence-corrected chi connectivity index (χ4v) is 4.29. The van der Waals surface area contributed by atoms with Crippen molar-refractivity contribution < 1.29 is 9.59 Å². The maximum absolute atomic E-state index is 12.5. The molecule has 1 atom stereocenters. The maximum Gasteiger partial charge on any atom is 0.238 e. The van der Waals surface area contributed by atoms with Gasteiger partial charge in [0.2, 0.25) is 11.8 Å². The number of rotatable bonds is 5. The van der Waals surface area contributed by atoms with Crippen LogP contribution in [0.3, 0.4) is 0 Å². The lowest BCUT2D eigenvalue weighted by Gasteiger charge is -2.25. The van der Waals surface area contributed by atoms with Crippen LogP contribution >= 0.6 is 23.1 Å². The number of amides is 2. The molecule has 126 valence electrons. The van der Waals surface area contributed by atoms with E-state index in [4.69, 9.17) is 0 Å². The molecule has 0 saturated carbocycles. The van der Waals surface area contributed by atoms with Crippen molar-refractivity contribution in [3.05, 3.63) is 40.3 Å². The van der Waals surface area contributed by atoms with Crippen molar-refractivity contribution in [3.63, 3.8) is 0 Å². The zero-order valence-electron chi connectivity index (χ0n) is 13.6. The molecule has 5 nitrogen and oxygen atoms in total. The average Bonchev–Trinajstić information content (AvgIpc) is 3.03. The Kier molecular flexibility index (Phi) is 5.20. The summed E-state index contributed by atoms with van der Waals surface area (Å²) in [6.07, 6.45) is 1.09. The van der Waals surface area contributed by atoms with Gasteiger partial charge in [-0.1, -0.05) is 19.1 Å². The number of thioether (sulfide) groups is 1. The van der Waals surface area contributed by atoms with E-state index in [0.717, 1.165) is 27.7 Å². The molecule has 0 fully saturated rings. The first-order chi connectivity index (χ1) is 11.6. The zero-order chi connectivity index (χ0) is 17.1. The number of nitrogens with one attached hydrogen (secondary N) is 1. The maximum atomic E-state index is 12.5. The minimum atomic E-state index is -0.392. The van der Waals surface area contributed by atoms with E-state index in [2.05, 4.69) is 17.2 Å². The summed E-state index contributed by atoms with van der Waals surface area (Å²) in [4.78, 5) is 31.8. The van der Waals surface area contributed by atoms with Crippen molar-refractivity contribution >= 4 is 40.6 Å². The third-order valence-corrected chi connectivity index (χ3v) is 6.11. The number of para-hydroxylation sites is 1. The number of aromatic nitrogens is 1. The lowest BCUT2D eigenvalue weighted by molar-refractivity contribution is -0.131. The molecule has 0 aliphatic carbocycles. The Balaban J connectivity index is 1.61. The Bertz CT molecular complexity index is 760. The van der Waals surface area contributed by atoms with Gasteiger partial charge in [-0.3, -0.25) is 9.59 Å². The predicted molar refractivity (Wildman–Crippen MR) is 97.3 cm³/mol. The second-order valence-corrected chi connectivity index (χ2v) is 7.82. The molecular formula is C17H19N3O2S2. The van der Waals surface area contributed by atoms with E-state index < -0.39 is 5.25 Å². The summed E-state index contributed by atoms with van der Waals surface area (Å²) in [7, 11) is 1.76. The zero-order valence-corrected chi connectivity index (χ0v) is 15.2. The van der Waals surface area contributed by atoms with E-state index >= 15 is 0 Å². The monoisotopic (exact) mass is 361 g/mol. The Hall–Kier alpha value is -1.86. The Morgan fingerprint density at radius 1 is 1.38 bits per heavy atom. The van der Waals surface area contributed by atoms with E-state index in [1.807, 2.05) is 29.6 Å². The highest BCUT2D eigenvalue weighted by Gasteiger charge is 2.29. The fraction of sp³-hybridized carbons (Fsp3) is 0.353. The molecule has 24 heavy (non-hydrogen) atoms. The minimum absolute atomic E-state index is 0.0481. The highest BCUT2D eigenvalue weighted by atomic mass is 32.2. The third-order valence-electron chi connectivity index (χ3n) is 3.79. The summed E-state index contributed by atoms with van der Waals surface area (Å²) in [5.41, 5.74) is 1.72. The number of benzene rings is 1. The summed E-state index contributed by atoms with van der Waals surface area (Å²) < 4.78 is 0. The van der Waals surface area contributed by atoms with Crippen molar-refractivity contribution in [3.8, 4) is 0 Å². The van der Waals surface area contributed by atoms with Crippen LogP contribution in [0.15, 0.2) is 34.5 Å². The molecule has 2 heterocycles. The van der Waals surface area contributed by atoms with Gasteiger partial charge in [-0.25, -0.2) is 4.98 Å². The molecule has 1 unspecified atom stereocenters. The summed E-state index contributed by atoms with van der Waals surface area (Å²) in [5, 5.41) is 5.54. The molecule has 1 aromatic carbocycles. The molecule has 1 N–H and O–H groups in total. The predicted octanol–water partition coefficient (Wildman–Crippen LogP) is 3.17. The van der Waals surface area contributed by atoms with Crippen LogP contribution in [-0.4, -0.2) is 34.0 Å². The molecule has 0 radical (unpaired) electrons. The topological polar surface area (TPSA) is 62.3 Å². The van der Waals surface area contributed by atoms with Gasteiger partial charge in [-0.05, 0) is 18.6 Å². The number of hydrogen-bond acceptors (Lipinski definition) is 5. The SMILES string of the molecule is CCc1nc(CN(C)C(=O)CC2Sc3ccccc3NC2=O)cs1. The number of fused-ring (bicyclic) bond motifs is 1. The van der Waals surface area contributed by atoms with E-state index in [1.165, 1.54) is 11.8 Å². The molecule has 7 heteroatoms. The number of carbonyl (C=O) groups is 2. The molecule has 1 aliphatic heterocycles. The molecule has 0 bridgehead atoms. The van der Waals surface area contributed by atoms with Crippen LogP contribution in [0.4, 0.5) is 5.69 Å². The van der Waals surface area contributed by atoms with Crippen LogP contribution < -0.4 is 5.32 Å². The van der Waals surface area contributed by atoms with Crippen LogP contribution in [0.2, 0.25) is 0 Å². The number of hydrogen-bond donors (Lipinski definition) is 1. The second-order valence-electron chi connectivity index (χ2n) is 5.63. The van der Waals surface area contributed by atoms with Gasteiger partial charge in [0.05, 0.1) is 28.2 Å². The lowest BCUT2D eigenvalue weighted by atomic mass is 10.2. The van der Waals surface area contributed by atoms with Gasteiger partial charge < -0.3 is 10.2 Å². The van der Waals surface area contributed by atoms with Crippen LogP contribution in [0.1, 0.15) is 24.0 Å². The van der Waals surface area contributed by atoms with Crippen molar-refractivity contribution in [2.45, 2.75) is 36.5 Å². The number of nitrogens with zero attached hydrogens (tertiary/aromatic N) is 2. The first-order valence-electron chi connectivity index (χ1n) is 7.80. The molecule has 3 rings (SSSR count). The Morgan fingerprint density at radius 3 is 2.92 bits per heavy atom. The fourth-order valence-electron chi connectivity index (χ4n) is 2.46. The molecule has 0 saturated heterocycles. The van der Waals surface area contributed by atoms with Crippen LogP contribution in [0, 0.1) is 0 Å². The van der Waals surface area contributed by atoms with Gasteiger partial charge in [0.25, 0.3) is 0 Å². The first-order valence-corrected chi connectivity index (χ1v) is 9.56. The normalized spacial score (nSPS) is 16.4. The number of carbonyl (C=O) groups excluding carboxylic acids is 2. The van der Waals surface area contributed by atoms with E-state index in [0.29, 0.717) is 6.54 Å². The summed E-state index contributed by atoms with van der Waals surface area (Å²) in [5.74, 6) is -0.157. The van der Waals surface area contributed by atoms with Gasteiger partial charge in [0.1, 0.15) is 0 Å². The van der Waals surface area contributed by atoms with Gasteiger partial charge in [-0.15, -0.1) is 23.1 Å². The summed E-state index contributed by atoms with van der Waals surface area (Å²) in [6, 6.07) is 7.65. The summed E-state index contributed by atoms with van der Waals surface area (Å²) >= 11 is 3.07. The van der Waals surface area contributed by atoms with E-state index in [9.17, 15) is 9.59 Å². The van der Waals surface area contributed by atoms with Crippen LogP contribution in [0.25, 0.3) is 0 Å². The Labute approximate surface area is 149 Å². The van der Waals surface area contributed by atoms with Gasteiger partial charge in [-0.2, -0.15) is 0 Å². The van der Waals surface area contributed by atoms with Gasteiger partial charge >= 0.3 is 0 Å². The molecule has 1 aliphatic rings. The highest BCUT2D eigenvalue weighted by Crippen LogP contribution is 2.36. The minimum Gasteiger partial charge on any atom is -0.340 e. The standard InChI is InChI=1S/C17H19N3O2S2/c1-3-15-18-11(10-23-15)9-20(2)16(21)8-14-17(22)19-12-6-4-5-7-13(12)24-14/h4-7,10,14H,3,8-9H2,1-2H3,(H,19,22). The quantitative estimate of drug-likeness (QED) is 0.888. The first kappa shape index (κ1) is 17.0. The van der Waals surface area contributed by atoms with Crippen LogP contribution in [-0.2, 0) is 22.6 Å². The Morgan fingerprint density at radius 2 is 2.17 bits per heavy atom. The van der Waals surface area contributed by atoms with Crippen molar-refractivity contribution in [2.24, 2.45) is 0 Å². The van der Waals surface area contributed by atoms with Gasteiger partial charge in [0, 0.05) is 23.7 Å². The van der Waals surface area contributed by atoms with Crippen molar-refractivity contribution in [2.75, 3.05) is 12.4 Å². The van der Waals surface area contributed by atoms with E-state index in [1.54, 1.807) is 23.3 Å². The molecule has 1 aromatic heterocycles. The lowest BCUT2D eigenvalue weighted by Crippen LogP contribution is -2.35. The number of anilines is 1. The van der Waals surface area contributed by atoms with Crippen molar-refractivity contribution in [1.29, 1.82) is 0 Å². The molecule has 0 spiro atoms. The smallest absolute Gasteiger partial charge is 0.238 e. The third kappa shape index (κ3) is 3.79. The van der Waals surface area contributed by atoms with Gasteiger partial charge in [0.15, 0.2) is 0 Å². The molecular weight excluding hydrogens is 342 g/mol. The summed E-state index contributed by atoms with van der Waals surface area (Å²) in [6.45, 7) is 2.54. The van der Waals surface area contributed by atoms with Crippen molar-refractivity contribution in [1.82, 2.24) is 9.88 Å². The largest absolute Gasteiger partial charge is 0.340 e. The number of aryl methyl sites for hydroxylation is 1. The molecule has 2 amide bonds. The average molecular weight is 361 g/mol. The van der Waals surface area contributed by atoms with Crippen LogP contribution in [0.5, 0.6) is 0 Å². The second kappa shape index (κ2) is 7.36.